The van der Waals surface area contributed by atoms with Crippen molar-refractivity contribution >= 4 is 116 Å². The van der Waals surface area contributed by atoms with E-state index in [1.165, 1.54) is 48.8 Å². The van der Waals surface area contributed by atoms with Crippen LogP contribution in [0.25, 0.3) is 22.0 Å². The van der Waals surface area contributed by atoms with E-state index in [0.29, 0.717) is 0 Å². The Labute approximate surface area is 335 Å². The van der Waals surface area contributed by atoms with Crippen LogP contribution in [-0.4, -0.2) is 104 Å². The normalized spacial score (nSPS) is 16.1. The molecule has 0 amide bonds. The number of hydrogen-bond acceptors (Lipinski definition) is 16. The summed E-state index contributed by atoms with van der Waals surface area (Å²) in [7, 11) is -19.7. The van der Waals surface area contributed by atoms with Gasteiger partial charge in [-0.05, 0) is 71.8 Å². The van der Waals surface area contributed by atoms with E-state index in [2.05, 4.69) is 31.0 Å². The van der Waals surface area contributed by atoms with Crippen LogP contribution in [0, 0.1) is 0 Å². The summed E-state index contributed by atoms with van der Waals surface area (Å²) >= 11 is 0. The molecular formula is C32H22LiN6O14S4. The maximum absolute atomic E-state index is 12.9. The first kappa shape index (κ1) is 42.6. The molecule has 25 heteroatoms. The summed E-state index contributed by atoms with van der Waals surface area (Å²) < 4.78 is 137. The number of carbonyl (C=O) groups is 2. The Hall–Kier alpha value is -5.52. The molecule has 0 aliphatic heterocycles. The van der Waals surface area contributed by atoms with Crippen LogP contribution in [0.4, 0.5) is 11.4 Å². The smallest absolute Gasteiger partial charge is 0.285 e. The van der Waals surface area contributed by atoms with Crippen LogP contribution in [0.2, 0.25) is 0 Å². The summed E-state index contributed by atoms with van der Waals surface area (Å²) in [6, 6.07) is 11.7. The number of benzene rings is 2. The van der Waals surface area contributed by atoms with Crippen molar-refractivity contribution in [2.24, 2.45) is 10.2 Å². The van der Waals surface area contributed by atoms with Gasteiger partial charge < -0.3 is 0 Å². The molecule has 2 aliphatic carbocycles. The van der Waals surface area contributed by atoms with Crippen LogP contribution < -0.4 is 10.9 Å². The van der Waals surface area contributed by atoms with Gasteiger partial charge in [0.15, 0.2) is 0 Å². The molecule has 0 spiro atoms. The topological polar surface area (TPSA) is 326 Å². The van der Waals surface area contributed by atoms with Gasteiger partial charge in [0.1, 0.15) is 42.4 Å². The number of nitrogens with zero attached hydrogens (tertiary/aromatic N) is 4. The number of hydrogen-bond donors (Lipinski definition) is 6. The van der Waals surface area contributed by atoms with Gasteiger partial charge in [0.25, 0.3) is 40.5 Å². The van der Waals surface area contributed by atoms with Crippen LogP contribution in [-0.2, 0) is 40.5 Å². The molecule has 0 fully saturated rings. The van der Waals surface area contributed by atoms with Gasteiger partial charge in [-0.2, -0.15) is 43.9 Å². The molecule has 6 rings (SSSR count). The second-order valence-corrected chi connectivity index (χ2v) is 17.0. The molecular weight excluding hydrogens is 828 g/mol. The van der Waals surface area contributed by atoms with Crippen LogP contribution in [0.1, 0.15) is 43.2 Å². The number of fused-ring (bicyclic) bond motifs is 2. The quantitative estimate of drug-likeness (QED) is 0.0578. The van der Waals surface area contributed by atoms with Crippen molar-refractivity contribution in [1.82, 2.24) is 9.97 Å². The van der Waals surface area contributed by atoms with Gasteiger partial charge in [-0.3, -0.25) is 48.6 Å². The summed E-state index contributed by atoms with van der Waals surface area (Å²) in [6.07, 6.45) is 6.11. The minimum absolute atomic E-state index is 0. The number of anilines is 2. The van der Waals surface area contributed by atoms with E-state index in [4.69, 9.17) is 0 Å². The van der Waals surface area contributed by atoms with Crippen LogP contribution in [0.3, 0.4) is 0 Å². The Kier molecular flexibility index (Phi) is 11.8. The van der Waals surface area contributed by atoms with E-state index < -0.39 is 83.1 Å². The summed E-state index contributed by atoms with van der Waals surface area (Å²) in [5, 5.41) is 7.64. The average Bonchev–Trinajstić information content (AvgIpc) is 3.12. The molecule has 289 valence electrons. The Balaban J connectivity index is 0.00000620. The van der Waals surface area contributed by atoms with Crippen molar-refractivity contribution in [2.45, 2.75) is 9.79 Å². The molecule has 2 aliphatic rings. The third kappa shape index (κ3) is 9.21. The maximum atomic E-state index is 12.9. The average molecular weight is 850 g/mol. The van der Waals surface area contributed by atoms with Crippen LogP contribution in [0.15, 0.2) is 105 Å². The van der Waals surface area contributed by atoms with Gasteiger partial charge in [-0.1, -0.05) is 24.3 Å². The zero-order chi connectivity index (χ0) is 40.8. The fraction of sp³-hybridized carbons (Fsp3) is 0. The van der Waals surface area contributed by atoms with E-state index in [1.54, 1.807) is 0 Å². The van der Waals surface area contributed by atoms with Gasteiger partial charge in [0.2, 0.25) is 11.6 Å². The summed E-state index contributed by atoms with van der Waals surface area (Å²) in [4.78, 5) is 30.7. The third-order valence-electron chi connectivity index (χ3n) is 7.77. The number of Topliss-reactive ketones (excluding diaryl/α,β-unsaturated/α-hetero) is 2. The molecule has 0 unspecified atom stereocenters. The molecule has 2 heterocycles. The van der Waals surface area contributed by atoms with Crippen molar-refractivity contribution in [3.63, 3.8) is 0 Å². The number of carbonyl (C=O) groups excluding carboxylic acids is 2. The van der Waals surface area contributed by atoms with E-state index in [-0.39, 0.29) is 63.9 Å². The molecule has 0 bridgehead atoms. The molecule has 6 N–H and O–H groups in total. The van der Waals surface area contributed by atoms with Gasteiger partial charge in [-0.25, -0.2) is 0 Å². The van der Waals surface area contributed by atoms with Gasteiger partial charge in [-0.15, -0.1) is 0 Å². The second-order valence-electron chi connectivity index (χ2n) is 11.4. The molecule has 2 aromatic heterocycles. The molecule has 0 saturated heterocycles. The zero-order valence-corrected chi connectivity index (χ0v) is 31.8. The number of rotatable bonds is 10. The van der Waals surface area contributed by atoms with E-state index in [1.807, 2.05) is 0 Å². The molecule has 0 saturated carbocycles. The first-order valence-electron chi connectivity index (χ1n) is 15.1. The fourth-order valence-electron chi connectivity index (χ4n) is 5.30. The van der Waals surface area contributed by atoms with Gasteiger partial charge in [0, 0.05) is 42.4 Å². The monoisotopic (exact) mass is 849 g/mol. The maximum Gasteiger partial charge on any atom is 0.295 e. The molecule has 0 atom stereocenters. The van der Waals surface area contributed by atoms with E-state index in [9.17, 15) is 61.5 Å². The Morgan fingerprint density at radius 1 is 0.544 bits per heavy atom. The predicted molar refractivity (Wildman–Crippen MR) is 205 cm³/mol. The molecule has 1 radical (unpaired) electrons. The minimum atomic E-state index is -5.01. The Bertz CT molecular complexity index is 2820. The van der Waals surface area contributed by atoms with Crippen LogP contribution in [0.5, 0.6) is 0 Å². The van der Waals surface area contributed by atoms with E-state index >= 15 is 0 Å². The van der Waals surface area contributed by atoms with Gasteiger partial charge >= 0.3 is 0 Å². The van der Waals surface area contributed by atoms with E-state index in [0.717, 1.165) is 48.6 Å². The number of allylic oxidation sites excluding steroid dienone is 2. The van der Waals surface area contributed by atoms with Crippen molar-refractivity contribution in [3.05, 3.63) is 119 Å². The largest absolute Gasteiger partial charge is 0.295 e. The number of ketones is 2. The molecule has 2 aromatic carbocycles. The number of pyridine rings is 2. The van der Waals surface area contributed by atoms with Gasteiger partial charge in [0.05, 0.1) is 11.4 Å². The number of hydrazone groups is 2. The van der Waals surface area contributed by atoms with Crippen molar-refractivity contribution < 1.29 is 61.5 Å². The molecule has 20 nitrogen and oxygen atoms in total. The predicted octanol–water partition coefficient (Wildman–Crippen LogP) is 2.55. The third-order valence-corrected chi connectivity index (χ3v) is 11.4. The summed E-state index contributed by atoms with van der Waals surface area (Å²) in [5.41, 5.74) is 1.94. The Morgan fingerprint density at radius 3 is 1.25 bits per heavy atom. The minimum Gasteiger partial charge on any atom is -0.285 e. The first-order valence-corrected chi connectivity index (χ1v) is 20.9. The second kappa shape index (κ2) is 15.8. The Morgan fingerprint density at radius 2 is 0.912 bits per heavy atom. The van der Waals surface area contributed by atoms with Crippen LogP contribution >= 0.6 is 0 Å². The zero-order valence-electron chi connectivity index (χ0n) is 28.5. The van der Waals surface area contributed by atoms with Crippen molar-refractivity contribution in [3.8, 4) is 0 Å². The molecule has 57 heavy (non-hydrogen) atoms. The first-order chi connectivity index (χ1) is 26.1. The molecule has 4 aromatic rings. The number of nitrogens with one attached hydrogen (secondary N) is 2. The van der Waals surface area contributed by atoms with Crippen molar-refractivity contribution in [1.29, 1.82) is 0 Å². The standard InChI is InChI=1S/C32H22N6O14S4.Li/c39-31-23(15-27(55(47,48)49)21-3-1-11-33-29(21)31)37-35-19-9-7-17(25(13-19)53(41,42)43)5-6-18-8-10-20(14-26(18)54(44,45)46)36-38-24-16-28(56(50,51)52)22-4-2-12-34-30(22)32(24)40;/h1-16,35-36H,(H,41,42,43)(H,44,45,46)(H,47,48,49)(H,50,51,52);. The number of aromatic nitrogens is 2. The summed E-state index contributed by atoms with van der Waals surface area (Å²) in [6.45, 7) is 0. The van der Waals surface area contributed by atoms with Crippen molar-refractivity contribution in [2.75, 3.05) is 10.9 Å². The summed E-state index contributed by atoms with van der Waals surface area (Å²) in [5.74, 6) is -1.68. The SMILES string of the molecule is O=C1C(=NNc2ccc(C=Cc3ccc(NN=C4C=C(S(=O)(=O)O)c5cccnc5C4=O)cc3S(=O)(=O)O)c(S(=O)(=O)O)c2)C=C(S(=O)(=O)O)c2cccnc21.[Li]. The fourth-order valence-corrected chi connectivity index (χ4v) is 8.13.